The molecule has 0 aliphatic rings. The molecule has 0 aliphatic heterocycles. The topological polar surface area (TPSA) is 81.2 Å². The normalized spacial score (nSPS) is 11.2. The van der Waals surface area contributed by atoms with E-state index >= 15 is 0 Å². The Balaban J connectivity index is 1.62. The van der Waals surface area contributed by atoms with Crippen LogP contribution in [0.25, 0.3) is 11.4 Å². The van der Waals surface area contributed by atoms with E-state index in [1.807, 2.05) is 31.2 Å². The summed E-state index contributed by atoms with van der Waals surface area (Å²) in [5, 5.41) is 9.58. The zero-order valence-corrected chi connectivity index (χ0v) is 17.2. The SMILES string of the molecule is CCOc1ccc(-c2n[nH]c(=S)n2CCC(=O)Nc2ccc(OC(F)(F)F)cc2)cc1. The summed E-state index contributed by atoms with van der Waals surface area (Å²) in [6.45, 7) is 2.72. The highest BCUT2D eigenvalue weighted by molar-refractivity contribution is 7.71. The summed E-state index contributed by atoms with van der Waals surface area (Å²) in [5.41, 5.74) is 1.15. The lowest BCUT2D eigenvalue weighted by Crippen LogP contribution is -2.17. The van der Waals surface area contributed by atoms with Crippen molar-refractivity contribution in [2.45, 2.75) is 26.3 Å². The average molecular weight is 452 g/mol. The van der Waals surface area contributed by atoms with E-state index in [0.29, 0.717) is 22.9 Å². The summed E-state index contributed by atoms with van der Waals surface area (Å²) in [4.78, 5) is 12.3. The van der Waals surface area contributed by atoms with Gasteiger partial charge in [-0.15, -0.1) is 13.2 Å². The molecule has 0 atom stereocenters. The molecule has 2 N–H and O–H groups in total. The van der Waals surface area contributed by atoms with E-state index in [1.54, 1.807) is 4.57 Å². The van der Waals surface area contributed by atoms with Gasteiger partial charge in [-0.3, -0.25) is 14.5 Å². The highest BCUT2D eigenvalue weighted by Gasteiger charge is 2.30. The van der Waals surface area contributed by atoms with E-state index in [9.17, 15) is 18.0 Å². The van der Waals surface area contributed by atoms with Gasteiger partial charge in [0.25, 0.3) is 0 Å². The van der Waals surface area contributed by atoms with Gasteiger partial charge >= 0.3 is 6.36 Å². The average Bonchev–Trinajstić information content (AvgIpc) is 3.08. The van der Waals surface area contributed by atoms with Gasteiger partial charge in [-0.1, -0.05) is 0 Å². The molecule has 1 amide bonds. The number of nitrogens with zero attached hydrogens (tertiary/aromatic N) is 2. The number of ether oxygens (including phenoxy) is 2. The summed E-state index contributed by atoms with van der Waals surface area (Å²) in [5.74, 6) is 0.618. The predicted octanol–water partition coefficient (Wildman–Crippen LogP) is 4.93. The molecule has 3 aromatic rings. The molecule has 1 aromatic heterocycles. The molecule has 0 saturated carbocycles. The van der Waals surface area contributed by atoms with Gasteiger partial charge in [-0.05, 0) is 67.7 Å². The van der Waals surface area contributed by atoms with Crippen LogP contribution in [0.3, 0.4) is 0 Å². The number of nitrogens with one attached hydrogen (secondary N) is 2. The molecule has 0 radical (unpaired) electrons. The van der Waals surface area contributed by atoms with Crippen LogP contribution in [0, 0.1) is 4.77 Å². The van der Waals surface area contributed by atoms with Crippen molar-refractivity contribution < 1.29 is 27.4 Å². The van der Waals surface area contributed by atoms with E-state index in [2.05, 4.69) is 20.3 Å². The summed E-state index contributed by atoms with van der Waals surface area (Å²) >= 11 is 5.26. The van der Waals surface area contributed by atoms with Crippen molar-refractivity contribution in [1.82, 2.24) is 14.8 Å². The zero-order chi connectivity index (χ0) is 22.4. The highest BCUT2D eigenvalue weighted by Crippen LogP contribution is 2.24. The van der Waals surface area contributed by atoms with Crippen LogP contribution in [-0.4, -0.2) is 33.6 Å². The second-order valence-electron chi connectivity index (χ2n) is 6.33. The molecule has 31 heavy (non-hydrogen) atoms. The Hall–Kier alpha value is -3.34. The van der Waals surface area contributed by atoms with Crippen molar-refractivity contribution in [3.8, 4) is 22.9 Å². The summed E-state index contributed by atoms with van der Waals surface area (Å²) in [6.07, 6.45) is -4.69. The fourth-order valence-electron chi connectivity index (χ4n) is 2.79. The first-order valence-electron chi connectivity index (χ1n) is 9.29. The van der Waals surface area contributed by atoms with Gasteiger partial charge in [0.15, 0.2) is 10.6 Å². The summed E-state index contributed by atoms with van der Waals surface area (Å²) < 4.78 is 47.9. The minimum absolute atomic E-state index is 0.0820. The number of aromatic nitrogens is 3. The molecule has 0 unspecified atom stereocenters. The minimum Gasteiger partial charge on any atom is -0.494 e. The Morgan fingerprint density at radius 3 is 2.39 bits per heavy atom. The fraction of sp³-hybridized carbons (Fsp3) is 0.250. The summed E-state index contributed by atoms with van der Waals surface area (Å²) in [7, 11) is 0. The van der Waals surface area contributed by atoms with Crippen LogP contribution in [-0.2, 0) is 11.3 Å². The number of amides is 1. The third-order valence-corrected chi connectivity index (χ3v) is 4.43. The lowest BCUT2D eigenvalue weighted by Gasteiger charge is -2.10. The maximum atomic E-state index is 12.3. The highest BCUT2D eigenvalue weighted by atomic mass is 32.1. The quantitative estimate of drug-likeness (QED) is 0.474. The van der Waals surface area contributed by atoms with Crippen LogP contribution in [0.5, 0.6) is 11.5 Å². The lowest BCUT2D eigenvalue weighted by atomic mass is 10.2. The van der Waals surface area contributed by atoms with Crippen LogP contribution >= 0.6 is 12.2 Å². The number of carbonyl (C=O) groups excluding carboxylic acids is 1. The molecule has 0 spiro atoms. The molecule has 0 fully saturated rings. The van der Waals surface area contributed by atoms with Gasteiger partial charge in [0.2, 0.25) is 5.91 Å². The van der Waals surface area contributed by atoms with Crippen molar-refractivity contribution >= 4 is 23.8 Å². The summed E-state index contributed by atoms with van der Waals surface area (Å²) in [6, 6.07) is 12.2. The zero-order valence-electron chi connectivity index (χ0n) is 16.4. The Labute approximate surface area is 180 Å². The molecule has 164 valence electrons. The van der Waals surface area contributed by atoms with Gasteiger partial charge in [0.05, 0.1) is 6.61 Å². The van der Waals surface area contributed by atoms with Gasteiger partial charge < -0.3 is 14.8 Å². The number of aromatic amines is 1. The van der Waals surface area contributed by atoms with E-state index in [4.69, 9.17) is 17.0 Å². The first-order valence-corrected chi connectivity index (χ1v) is 9.70. The van der Waals surface area contributed by atoms with Gasteiger partial charge in [0, 0.05) is 24.2 Å². The van der Waals surface area contributed by atoms with Crippen molar-refractivity contribution in [2.75, 3.05) is 11.9 Å². The maximum Gasteiger partial charge on any atom is 0.573 e. The first-order chi connectivity index (χ1) is 14.7. The number of halogens is 3. The fourth-order valence-corrected chi connectivity index (χ4v) is 3.01. The van der Waals surface area contributed by atoms with Gasteiger partial charge in [0.1, 0.15) is 11.5 Å². The van der Waals surface area contributed by atoms with E-state index in [-0.39, 0.29) is 24.6 Å². The molecule has 0 aliphatic carbocycles. The van der Waals surface area contributed by atoms with Crippen molar-refractivity contribution in [3.63, 3.8) is 0 Å². The van der Waals surface area contributed by atoms with Crippen LogP contribution < -0.4 is 14.8 Å². The van der Waals surface area contributed by atoms with E-state index in [1.165, 1.54) is 12.1 Å². The molecule has 7 nitrogen and oxygen atoms in total. The Morgan fingerprint density at radius 2 is 1.77 bits per heavy atom. The largest absolute Gasteiger partial charge is 0.573 e. The van der Waals surface area contributed by atoms with E-state index < -0.39 is 6.36 Å². The van der Waals surface area contributed by atoms with Gasteiger partial charge in [-0.25, -0.2) is 0 Å². The molecule has 1 heterocycles. The minimum atomic E-state index is -4.77. The molecule has 3 rings (SSSR count). The predicted molar refractivity (Wildman–Crippen MR) is 110 cm³/mol. The number of hydrogen-bond acceptors (Lipinski definition) is 5. The third-order valence-electron chi connectivity index (χ3n) is 4.12. The monoisotopic (exact) mass is 452 g/mol. The van der Waals surface area contributed by atoms with E-state index in [0.717, 1.165) is 23.4 Å². The molecule has 0 bridgehead atoms. The second kappa shape index (κ2) is 9.65. The number of H-pyrrole nitrogens is 1. The number of alkyl halides is 3. The molecular weight excluding hydrogens is 433 g/mol. The third kappa shape index (κ3) is 6.32. The Kier molecular flexibility index (Phi) is 6.95. The molecular formula is C20H19F3N4O3S. The van der Waals surface area contributed by atoms with Crippen LogP contribution in [0.1, 0.15) is 13.3 Å². The van der Waals surface area contributed by atoms with Crippen molar-refractivity contribution in [1.29, 1.82) is 0 Å². The van der Waals surface area contributed by atoms with Crippen molar-refractivity contribution in [3.05, 3.63) is 53.3 Å². The van der Waals surface area contributed by atoms with Crippen molar-refractivity contribution in [2.24, 2.45) is 0 Å². The lowest BCUT2D eigenvalue weighted by molar-refractivity contribution is -0.274. The van der Waals surface area contributed by atoms with Crippen LogP contribution in [0.4, 0.5) is 18.9 Å². The second-order valence-corrected chi connectivity index (χ2v) is 6.72. The van der Waals surface area contributed by atoms with Crippen LogP contribution in [0.2, 0.25) is 0 Å². The van der Waals surface area contributed by atoms with Crippen LogP contribution in [0.15, 0.2) is 48.5 Å². The standard InChI is InChI=1S/C20H19F3N4O3S/c1-2-29-15-7-3-13(4-8-15)18-25-26-19(31)27(18)12-11-17(28)24-14-5-9-16(10-6-14)30-20(21,22)23/h3-10H,2,11-12H2,1H3,(H,24,28)(H,26,31). The Morgan fingerprint density at radius 1 is 1.13 bits per heavy atom. The number of benzene rings is 2. The molecule has 0 saturated heterocycles. The molecule has 2 aromatic carbocycles. The van der Waals surface area contributed by atoms with Gasteiger partial charge in [-0.2, -0.15) is 5.10 Å². The number of anilines is 1. The maximum absolute atomic E-state index is 12.3. The number of hydrogen-bond donors (Lipinski definition) is 2. The first kappa shape index (κ1) is 22.3. The number of carbonyl (C=O) groups is 1. The molecule has 11 heteroatoms. The Bertz CT molecular complexity index is 1080. The smallest absolute Gasteiger partial charge is 0.494 e. The number of rotatable bonds is 8.